The Bertz CT molecular complexity index is 890. The molecule has 0 aliphatic rings. The van der Waals surface area contributed by atoms with Gasteiger partial charge in [-0.25, -0.2) is 0 Å². The van der Waals surface area contributed by atoms with Crippen molar-refractivity contribution in [2.75, 3.05) is 19.7 Å². The van der Waals surface area contributed by atoms with Gasteiger partial charge in [-0.1, -0.05) is 72.8 Å². The number of nitrogens with zero attached hydrogens (tertiary/aromatic N) is 1. The van der Waals surface area contributed by atoms with Crippen molar-refractivity contribution >= 4 is 0 Å². The van der Waals surface area contributed by atoms with Gasteiger partial charge in [0.1, 0.15) is 18.5 Å². The van der Waals surface area contributed by atoms with E-state index in [0.717, 1.165) is 12.3 Å². The smallest absolute Gasteiger partial charge is 0.119 e. The lowest BCUT2D eigenvalue weighted by atomic mass is 9.99. The second kappa shape index (κ2) is 10.6. The Balaban J connectivity index is 1.58. The standard InChI is InChI=1S/C26H29NO2/c1-3-17-27(19-24(28)20-29-25-10-5-4-6-11-25)18-22-13-15-23(16-14-22)26-12-8-7-9-21(26)2/h3-16,24,28H,1,17-20H2,2H3. The fourth-order valence-electron chi connectivity index (χ4n) is 3.39. The molecule has 0 amide bonds. The summed E-state index contributed by atoms with van der Waals surface area (Å²) in [7, 11) is 0. The fourth-order valence-corrected chi connectivity index (χ4v) is 3.39. The molecule has 1 atom stereocenters. The first kappa shape index (κ1) is 20.8. The number of ether oxygens (including phenoxy) is 1. The van der Waals surface area contributed by atoms with Gasteiger partial charge in [0.2, 0.25) is 0 Å². The number of aliphatic hydroxyl groups excluding tert-OH is 1. The highest BCUT2D eigenvalue weighted by Crippen LogP contribution is 2.23. The molecule has 1 N–H and O–H groups in total. The summed E-state index contributed by atoms with van der Waals surface area (Å²) in [5.41, 5.74) is 4.96. The molecule has 3 aromatic rings. The van der Waals surface area contributed by atoms with Gasteiger partial charge in [0.15, 0.2) is 0 Å². The summed E-state index contributed by atoms with van der Waals surface area (Å²) < 4.78 is 5.67. The maximum atomic E-state index is 10.4. The SMILES string of the molecule is C=CCN(Cc1ccc(-c2ccccc2C)cc1)CC(O)COc1ccccc1. The van der Waals surface area contributed by atoms with Crippen LogP contribution >= 0.6 is 0 Å². The van der Waals surface area contributed by atoms with E-state index in [9.17, 15) is 5.11 Å². The van der Waals surface area contributed by atoms with E-state index in [1.807, 2.05) is 36.4 Å². The molecule has 0 radical (unpaired) electrons. The Kier molecular flexibility index (Phi) is 7.62. The van der Waals surface area contributed by atoms with E-state index in [0.29, 0.717) is 13.1 Å². The number of aliphatic hydroxyl groups is 1. The minimum absolute atomic E-state index is 0.268. The molecule has 3 nitrogen and oxygen atoms in total. The average Bonchev–Trinajstić information content (AvgIpc) is 2.74. The lowest BCUT2D eigenvalue weighted by Crippen LogP contribution is -2.35. The number of aryl methyl sites for hydroxylation is 1. The predicted molar refractivity (Wildman–Crippen MR) is 120 cm³/mol. The molecule has 1 unspecified atom stereocenters. The van der Waals surface area contributed by atoms with Gasteiger partial charge in [-0.15, -0.1) is 6.58 Å². The third-order valence-corrected chi connectivity index (χ3v) is 4.86. The van der Waals surface area contributed by atoms with Crippen LogP contribution in [0.15, 0.2) is 91.5 Å². The van der Waals surface area contributed by atoms with E-state index in [2.05, 4.69) is 66.9 Å². The molecule has 29 heavy (non-hydrogen) atoms. The number of hydrogen-bond donors (Lipinski definition) is 1. The number of rotatable bonds is 10. The molecule has 0 bridgehead atoms. The van der Waals surface area contributed by atoms with Crippen molar-refractivity contribution in [2.45, 2.75) is 19.6 Å². The highest BCUT2D eigenvalue weighted by Gasteiger charge is 2.12. The minimum atomic E-state index is -0.568. The lowest BCUT2D eigenvalue weighted by molar-refractivity contribution is 0.0696. The molecule has 3 heteroatoms. The highest BCUT2D eigenvalue weighted by molar-refractivity contribution is 5.67. The first-order chi connectivity index (χ1) is 14.2. The van der Waals surface area contributed by atoms with Crippen molar-refractivity contribution in [3.63, 3.8) is 0 Å². The number of para-hydroxylation sites is 1. The van der Waals surface area contributed by atoms with Crippen LogP contribution in [0.1, 0.15) is 11.1 Å². The van der Waals surface area contributed by atoms with E-state index in [-0.39, 0.29) is 6.61 Å². The van der Waals surface area contributed by atoms with Crippen LogP contribution in [-0.4, -0.2) is 35.8 Å². The summed E-state index contributed by atoms with van der Waals surface area (Å²) in [6.45, 7) is 8.24. The summed E-state index contributed by atoms with van der Waals surface area (Å²) in [5, 5.41) is 10.4. The molecule has 0 aromatic heterocycles. The Morgan fingerprint density at radius 2 is 1.66 bits per heavy atom. The van der Waals surface area contributed by atoms with Gasteiger partial charge in [0, 0.05) is 19.6 Å². The molecule has 0 aliphatic heterocycles. The molecule has 3 aromatic carbocycles. The summed E-state index contributed by atoms with van der Waals surface area (Å²) in [4.78, 5) is 2.18. The zero-order valence-corrected chi connectivity index (χ0v) is 17.0. The molecular weight excluding hydrogens is 358 g/mol. The molecule has 0 aliphatic carbocycles. The van der Waals surface area contributed by atoms with Crippen LogP contribution in [0, 0.1) is 6.92 Å². The third-order valence-electron chi connectivity index (χ3n) is 4.86. The molecule has 0 fully saturated rings. The maximum Gasteiger partial charge on any atom is 0.119 e. The third kappa shape index (κ3) is 6.31. The maximum absolute atomic E-state index is 10.4. The highest BCUT2D eigenvalue weighted by atomic mass is 16.5. The quantitative estimate of drug-likeness (QED) is 0.492. The van der Waals surface area contributed by atoms with Gasteiger partial charge in [-0.2, -0.15) is 0 Å². The topological polar surface area (TPSA) is 32.7 Å². The van der Waals surface area contributed by atoms with E-state index < -0.39 is 6.10 Å². The molecule has 0 saturated heterocycles. The Morgan fingerprint density at radius 3 is 2.34 bits per heavy atom. The summed E-state index contributed by atoms with van der Waals surface area (Å²) in [5.74, 6) is 0.772. The van der Waals surface area contributed by atoms with E-state index in [1.165, 1.54) is 22.3 Å². The van der Waals surface area contributed by atoms with Gasteiger partial charge in [0.05, 0.1) is 0 Å². The fraction of sp³-hybridized carbons (Fsp3) is 0.231. The van der Waals surface area contributed by atoms with Gasteiger partial charge in [-0.05, 0) is 41.3 Å². The van der Waals surface area contributed by atoms with Crippen LogP contribution < -0.4 is 4.74 Å². The monoisotopic (exact) mass is 387 g/mol. The molecular formula is C26H29NO2. The summed E-state index contributed by atoms with van der Waals surface area (Å²) >= 11 is 0. The van der Waals surface area contributed by atoms with Crippen LogP contribution in [0.25, 0.3) is 11.1 Å². The van der Waals surface area contributed by atoms with Crippen molar-refractivity contribution in [1.29, 1.82) is 0 Å². The van der Waals surface area contributed by atoms with Crippen LogP contribution in [0.2, 0.25) is 0 Å². The number of benzene rings is 3. The van der Waals surface area contributed by atoms with E-state index in [1.54, 1.807) is 0 Å². The van der Waals surface area contributed by atoms with Gasteiger partial charge in [-0.3, -0.25) is 4.90 Å². The first-order valence-corrected chi connectivity index (χ1v) is 10.00. The normalized spacial score (nSPS) is 12.0. The second-order valence-corrected chi connectivity index (χ2v) is 7.27. The Morgan fingerprint density at radius 1 is 0.966 bits per heavy atom. The van der Waals surface area contributed by atoms with Gasteiger partial charge < -0.3 is 9.84 Å². The van der Waals surface area contributed by atoms with Crippen molar-refractivity contribution in [2.24, 2.45) is 0 Å². The lowest BCUT2D eigenvalue weighted by Gasteiger charge is -2.24. The summed E-state index contributed by atoms with van der Waals surface area (Å²) in [6.07, 6.45) is 1.30. The van der Waals surface area contributed by atoms with Crippen molar-refractivity contribution in [1.82, 2.24) is 4.90 Å². The molecule has 0 spiro atoms. The van der Waals surface area contributed by atoms with Crippen molar-refractivity contribution in [3.05, 3.63) is 103 Å². The zero-order valence-electron chi connectivity index (χ0n) is 17.0. The van der Waals surface area contributed by atoms with Crippen LogP contribution in [0.5, 0.6) is 5.75 Å². The average molecular weight is 388 g/mol. The van der Waals surface area contributed by atoms with Crippen molar-refractivity contribution in [3.8, 4) is 16.9 Å². The Labute approximate surface area is 173 Å². The molecule has 3 rings (SSSR count). The summed E-state index contributed by atoms with van der Waals surface area (Å²) in [6, 6.07) is 26.6. The van der Waals surface area contributed by atoms with Crippen LogP contribution in [-0.2, 0) is 6.54 Å². The van der Waals surface area contributed by atoms with Crippen LogP contribution in [0.3, 0.4) is 0 Å². The van der Waals surface area contributed by atoms with Gasteiger partial charge in [0.25, 0.3) is 0 Å². The minimum Gasteiger partial charge on any atom is -0.491 e. The Hall–Kier alpha value is -2.88. The van der Waals surface area contributed by atoms with E-state index >= 15 is 0 Å². The molecule has 0 heterocycles. The molecule has 0 saturated carbocycles. The number of hydrogen-bond acceptors (Lipinski definition) is 3. The van der Waals surface area contributed by atoms with Gasteiger partial charge >= 0.3 is 0 Å². The van der Waals surface area contributed by atoms with E-state index in [4.69, 9.17) is 4.74 Å². The largest absolute Gasteiger partial charge is 0.491 e. The predicted octanol–water partition coefficient (Wildman–Crippen LogP) is 5.09. The zero-order chi connectivity index (χ0) is 20.5. The first-order valence-electron chi connectivity index (χ1n) is 10.00. The molecule has 150 valence electrons. The van der Waals surface area contributed by atoms with Crippen molar-refractivity contribution < 1.29 is 9.84 Å². The van der Waals surface area contributed by atoms with Crippen LogP contribution in [0.4, 0.5) is 0 Å². The second-order valence-electron chi connectivity index (χ2n) is 7.27.